The quantitative estimate of drug-likeness (QED) is 0.561. The van der Waals surface area contributed by atoms with Gasteiger partial charge in [-0.1, -0.05) is 42.5 Å². The minimum Gasteiger partial charge on any atom is -0.0617 e. The Morgan fingerprint density at radius 1 is 0.875 bits per heavy atom. The average molecular weight is 206 g/mol. The Balaban J connectivity index is 2.02. The smallest absolute Gasteiger partial charge is 0.0345 e. The highest BCUT2D eigenvalue weighted by Gasteiger charge is 2.32. The summed E-state index contributed by atoms with van der Waals surface area (Å²) in [6.45, 7) is 0. The summed E-state index contributed by atoms with van der Waals surface area (Å²) in [5.41, 5.74) is 7.74. The van der Waals surface area contributed by atoms with Crippen LogP contribution in [0.3, 0.4) is 0 Å². The van der Waals surface area contributed by atoms with Crippen LogP contribution in [-0.2, 0) is 0 Å². The maximum Gasteiger partial charge on any atom is 0.0345 e. The molecule has 0 nitrogen and oxygen atoms in total. The van der Waals surface area contributed by atoms with Crippen molar-refractivity contribution in [2.24, 2.45) is 5.92 Å². The fraction of sp³-hybridized carbons (Fsp3) is 0.250. The summed E-state index contributed by atoms with van der Waals surface area (Å²) in [4.78, 5) is 0. The van der Waals surface area contributed by atoms with Gasteiger partial charge in [-0.3, -0.25) is 0 Å². The first-order valence-electron chi connectivity index (χ1n) is 6.14. The molecule has 1 atom stereocenters. The molecular formula is C16H14. The number of hydrogen-bond donors (Lipinski definition) is 0. The fourth-order valence-electron chi connectivity index (χ4n) is 3.35. The lowest BCUT2D eigenvalue weighted by Crippen LogP contribution is -2.21. The Morgan fingerprint density at radius 2 is 1.81 bits per heavy atom. The maximum absolute atomic E-state index is 2.34. The minimum absolute atomic E-state index is 0.560. The molecule has 0 saturated carbocycles. The summed E-state index contributed by atoms with van der Waals surface area (Å²) in [7, 11) is 0. The molecule has 0 saturated heterocycles. The monoisotopic (exact) mass is 206 g/mol. The van der Waals surface area contributed by atoms with Crippen LogP contribution in [0.15, 0.2) is 70.4 Å². The molecule has 1 unspecified atom stereocenters. The van der Waals surface area contributed by atoms with Gasteiger partial charge in [0, 0.05) is 5.92 Å². The van der Waals surface area contributed by atoms with Gasteiger partial charge in [0.2, 0.25) is 0 Å². The van der Waals surface area contributed by atoms with Gasteiger partial charge < -0.3 is 0 Å². The van der Waals surface area contributed by atoms with Crippen LogP contribution in [0.1, 0.15) is 19.3 Å². The van der Waals surface area contributed by atoms with E-state index < -0.39 is 0 Å². The van der Waals surface area contributed by atoms with Gasteiger partial charge >= 0.3 is 0 Å². The maximum atomic E-state index is 2.34. The van der Waals surface area contributed by atoms with E-state index in [4.69, 9.17) is 0 Å². The van der Waals surface area contributed by atoms with E-state index in [-0.39, 0.29) is 0 Å². The molecule has 0 amide bonds. The summed E-state index contributed by atoms with van der Waals surface area (Å²) in [5, 5.41) is 0. The Morgan fingerprint density at radius 3 is 2.81 bits per heavy atom. The molecule has 0 aromatic heterocycles. The van der Waals surface area contributed by atoms with Crippen molar-refractivity contribution in [3.63, 3.8) is 0 Å². The zero-order valence-corrected chi connectivity index (χ0v) is 9.24. The third-order valence-corrected chi connectivity index (χ3v) is 4.07. The minimum atomic E-state index is 0.560. The molecule has 0 heteroatoms. The van der Waals surface area contributed by atoms with E-state index in [2.05, 4.69) is 42.5 Å². The van der Waals surface area contributed by atoms with Crippen molar-refractivity contribution in [1.29, 1.82) is 0 Å². The van der Waals surface area contributed by atoms with Gasteiger partial charge in [-0.05, 0) is 47.1 Å². The molecule has 0 aromatic rings. The number of rotatable bonds is 0. The third kappa shape index (κ3) is 0.996. The Labute approximate surface area is 96.1 Å². The summed E-state index contributed by atoms with van der Waals surface area (Å²) < 4.78 is 0. The predicted molar refractivity (Wildman–Crippen MR) is 66.9 cm³/mol. The molecule has 16 heavy (non-hydrogen) atoms. The van der Waals surface area contributed by atoms with Gasteiger partial charge in [0.05, 0.1) is 0 Å². The number of allylic oxidation sites excluding steroid dienone is 12. The van der Waals surface area contributed by atoms with Crippen molar-refractivity contribution < 1.29 is 0 Å². The number of hydrogen-bond acceptors (Lipinski definition) is 0. The van der Waals surface area contributed by atoms with Crippen LogP contribution in [0, 0.1) is 5.92 Å². The van der Waals surface area contributed by atoms with Gasteiger partial charge in [-0.2, -0.15) is 0 Å². The molecule has 0 bridgehead atoms. The van der Waals surface area contributed by atoms with Gasteiger partial charge in [-0.25, -0.2) is 0 Å². The molecule has 4 aliphatic carbocycles. The zero-order chi connectivity index (χ0) is 10.5. The van der Waals surface area contributed by atoms with E-state index in [9.17, 15) is 0 Å². The summed E-state index contributed by atoms with van der Waals surface area (Å²) in [5.74, 6) is 0.560. The van der Waals surface area contributed by atoms with Crippen LogP contribution in [0.5, 0.6) is 0 Å². The molecule has 0 spiro atoms. The lowest BCUT2D eigenvalue weighted by molar-refractivity contribution is 0.709. The van der Waals surface area contributed by atoms with Gasteiger partial charge in [-0.15, -0.1) is 0 Å². The second-order valence-electron chi connectivity index (χ2n) is 4.94. The largest absolute Gasteiger partial charge is 0.0617 e. The molecule has 0 aromatic carbocycles. The predicted octanol–water partition coefficient (Wildman–Crippen LogP) is 4.02. The molecule has 0 fully saturated rings. The van der Waals surface area contributed by atoms with Gasteiger partial charge in [0.15, 0.2) is 0 Å². The molecule has 0 radical (unpaired) electrons. The van der Waals surface area contributed by atoms with Crippen molar-refractivity contribution in [3.05, 3.63) is 70.4 Å². The van der Waals surface area contributed by atoms with E-state index in [1.54, 1.807) is 16.7 Å². The van der Waals surface area contributed by atoms with Crippen LogP contribution in [0.25, 0.3) is 0 Å². The summed E-state index contributed by atoms with van der Waals surface area (Å²) in [6.07, 6.45) is 19.9. The second-order valence-corrected chi connectivity index (χ2v) is 4.94. The molecule has 0 N–H and O–H groups in total. The first-order valence-corrected chi connectivity index (χ1v) is 6.14. The zero-order valence-electron chi connectivity index (χ0n) is 9.24. The van der Waals surface area contributed by atoms with Crippen LogP contribution >= 0.6 is 0 Å². The van der Waals surface area contributed by atoms with Crippen LogP contribution in [0.2, 0.25) is 0 Å². The van der Waals surface area contributed by atoms with Crippen LogP contribution in [0.4, 0.5) is 0 Å². The lowest BCUT2D eigenvalue weighted by Gasteiger charge is -2.36. The highest BCUT2D eigenvalue weighted by Crippen LogP contribution is 2.47. The summed E-state index contributed by atoms with van der Waals surface area (Å²) >= 11 is 0. The van der Waals surface area contributed by atoms with Crippen molar-refractivity contribution in [2.75, 3.05) is 0 Å². The van der Waals surface area contributed by atoms with Gasteiger partial charge in [0.1, 0.15) is 0 Å². The van der Waals surface area contributed by atoms with Crippen LogP contribution in [-0.4, -0.2) is 0 Å². The Kier molecular flexibility index (Phi) is 1.59. The molecule has 4 rings (SSSR count). The molecule has 0 heterocycles. The standard InChI is InChI=1S/C16H14/c1-3-11-7-9-13-5-2-6-14-10-8-12(4-1)15(11)16(13)14/h1,3-4,7-10,15H,2,5-6H2. The average Bonchev–Trinajstić information content (AvgIpc) is 2.36. The van der Waals surface area contributed by atoms with E-state index in [1.807, 2.05) is 0 Å². The third-order valence-electron chi connectivity index (χ3n) is 4.07. The van der Waals surface area contributed by atoms with E-state index in [0.717, 1.165) is 0 Å². The van der Waals surface area contributed by atoms with E-state index in [1.165, 1.54) is 30.4 Å². The van der Waals surface area contributed by atoms with E-state index in [0.29, 0.717) is 5.92 Å². The fourth-order valence-corrected chi connectivity index (χ4v) is 3.35. The Bertz CT molecular complexity index is 545. The second kappa shape index (κ2) is 2.98. The summed E-state index contributed by atoms with van der Waals surface area (Å²) in [6, 6.07) is 0. The molecule has 78 valence electrons. The van der Waals surface area contributed by atoms with Crippen molar-refractivity contribution >= 4 is 0 Å². The van der Waals surface area contributed by atoms with Crippen molar-refractivity contribution in [1.82, 2.24) is 0 Å². The SMILES string of the molecule is C1=CC2=CC=C3CCCC4=C3C2C(=C1)C=C4. The molecular weight excluding hydrogens is 192 g/mol. The van der Waals surface area contributed by atoms with Crippen molar-refractivity contribution in [2.45, 2.75) is 19.3 Å². The van der Waals surface area contributed by atoms with Crippen molar-refractivity contribution in [3.8, 4) is 0 Å². The van der Waals surface area contributed by atoms with E-state index >= 15 is 0 Å². The highest BCUT2D eigenvalue weighted by atomic mass is 14.4. The molecule has 0 aliphatic heterocycles. The lowest BCUT2D eigenvalue weighted by atomic mass is 9.68. The normalized spacial score (nSPS) is 29.5. The highest BCUT2D eigenvalue weighted by molar-refractivity contribution is 5.64. The first-order chi connectivity index (χ1) is 7.93. The first kappa shape index (κ1) is 8.58. The topological polar surface area (TPSA) is 0 Å². The Hall–Kier alpha value is -1.56. The molecule has 4 aliphatic rings. The van der Waals surface area contributed by atoms with Crippen LogP contribution < -0.4 is 0 Å². The van der Waals surface area contributed by atoms with Gasteiger partial charge in [0.25, 0.3) is 0 Å².